The number of carbonyl (C=O) groups is 4. The normalized spacial score (nSPS) is 26.9. The zero-order chi connectivity index (χ0) is 39.7. The zero-order valence-electron chi connectivity index (χ0n) is 30.7. The number of benzene rings is 4. The van der Waals surface area contributed by atoms with E-state index in [1.54, 1.807) is 48.5 Å². The molecule has 0 bridgehead atoms. The van der Waals surface area contributed by atoms with Crippen molar-refractivity contribution in [1.29, 1.82) is 0 Å². The molecule has 0 spiro atoms. The number of nitrogens with zero attached hydrogens (tertiary/aromatic N) is 3. The van der Waals surface area contributed by atoms with Crippen LogP contribution >= 0.6 is 27.5 Å². The number of aromatic hydroxyl groups is 1. The number of morpholine rings is 1. The number of fused-ring (bicyclic) bond motifs is 4. The number of halogens is 3. The fraction of sp³-hybridized carbons (Fsp3) is 0.302. The molecule has 3 saturated heterocycles. The van der Waals surface area contributed by atoms with E-state index >= 15 is 4.79 Å². The lowest BCUT2D eigenvalue weighted by molar-refractivity contribution is -0.138. The molecule has 4 aromatic rings. The van der Waals surface area contributed by atoms with Crippen LogP contribution in [0, 0.1) is 29.5 Å². The van der Waals surface area contributed by atoms with Crippen molar-refractivity contribution in [2.45, 2.75) is 24.2 Å². The van der Waals surface area contributed by atoms with E-state index in [1.807, 2.05) is 18.2 Å². The van der Waals surface area contributed by atoms with Crippen molar-refractivity contribution < 1.29 is 38.1 Å². The van der Waals surface area contributed by atoms with Gasteiger partial charge >= 0.3 is 0 Å². The molecule has 4 aromatic carbocycles. The number of hydrazine groups is 1. The number of amides is 4. The third-order valence-electron chi connectivity index (χ3n) is 12.3. The molecular weight excluding hydrogens is 819 g/mol. The Morgan fingerprint density at radius 2 is 1.58 bits per heavy atom. The number of carbonyl (C=O) groups excluding carboxylic acids is 4. The largest absolute Gasteiger partial charge is 0.504 e. The molecule has 11 nitrogen and oxygen atoms in total. The van der Waals surface area contributed by atoms with Crippen molar-refractivity contribution in [3.63, 3.8) is 0 Å². The van der Waals surface area contributed by atoms with E-state index in [1.165, 1.54) is 36.3 Å². The lowest BCUT2D eigenvalue weighted by Gasteiger charge is -2.50. The van der Waals surface area contributed by atoms with Crippen molar-refractivity contribution in [3.05, 3.63) is 123 Å². The van der Waals surface area contributed by atoms with E-state index in [9.17, 15) is 23.9 Å². The Morgan fingerprint density at radius 3 is 2.26 bits per heavy atom. The molecule has 4 fully saturated rings. The minimum atomic E-state index is -1.67. The summed E-state index contributed by atoms with van der Waals surface area (Å²) in [5.41, 5.74) is 4.41. The number of methoxy groups -OCH3 is 1. The van der Waals surface area contributed by atoms with E-state index in [4.69, 9.17) is 21.1 Å². The number of phenols is 1. The highest BCUT2D eigenvalue weighted by Crippen LogP contribution is 2.65. The number of ether oxygens (including phenoxy) is 2. The molecular formula is C43H37BrClFN4O7. The summed E-state index contributed by atoms with van der Waals surface area (Å²) in [5, 5.41) is 13.3. The Morgan fingerprint density at radius 1 is 0.895 bits per heavy atom. The molecule has 4 amide bonds. The molecule has 0 radical (unpaired) electrons. The molecule has 57 heavy (non-hydrogen) atoms. The highest BCUT2D eigenvalue weighted by Gasteiger charge is 2.70. The fourth-order valence-corrected chi connectivity index (χ4v) is 10.4. The maximum absolute atomic E-state index is 15.4. The summed E-state index contributed by atoms with van der Waals surface area (Å²) in [4.78, 5) is 62.8. The first-order valence-corrected chi connectivity index (χ1v) is 19.9. The van der Waals surface area contributed by atoms with Crippen LogP contribution in [0.1, 0.15) is 29.9 Å². The van der Waals surface area contributed by atoms with Crippen molar-refractivity contribution in [2.75, 3.05) is 48.6 Å². The molecule has 6 atom stereocenters. The van der Waals surface area contributed by atoms with Crippen LogP contribution in [0.3, 0.4) is 0 Å². The number of allylic oxidation sites excluding steroid dienone is 2. The van der Waals surface area contributed by atoms with Gasteiger partial charge in [0.15, 0.2) is 11.5 Å². The van der Waals surface area contributed by atoms with Crippen LogP contribution in [-0.4, -0.2) is 67.2 Å². The van der Waals surface area contributed by atoms with Gasteiger partial charge < -0.3 is 19.5 Å². The maximum Gasteiger partial charge on any atom is 0.260 e. The molecule has 0 aromatic heterocycles. The van der Waals surface area contributed by atoms with Crippen LogP contribution in [0.25, 0.3) is 0 Å². The first kappa shape index (κ1) is 37.3. The Bertz CT molecular complexity index is 2340. The number of nitrogens with one attached hydrogen (secondary N) is 1. The number of hydrogen-bond donors (Lipinski definition) is 2. The van der Waals surface area contributed by atoms with Gasteiger partial charge in [-0.1, -0.05) is 51.3 Å². The zero-order valence-corrected chi connectivity index (χ0v) is 33.0. The van der Waals surface area contributed by atoms with Crippen LogP contribution in [0.4, 0.5) is 21.5 Å². The number of rotatable bonds is 7. The summed E-state index contributed by atoms with van der Waals surface area (Å²) in [7, 11) is 1.42. The average Bonchev–Trinajstić information content (AvgIpc) is 3.60. The summed E-state index contributed by atoms with van der Waals surface area (Å²) < 4.78 is 25.6. The maximum atomic E-state index is 15.4. The van der Waals surface area contributed by atoms with E-state index in [-0.39, 0.29) is 36.2 Å². The lowest BCUT2D eigenvalue weighted by atomic mass is 9.49. The lowest BCUT2D eigenvalue weighted by Crippen LogP contribution is -2.53. The number of hydrogen-bond acceptors (Lipinski definition) is 9. The van der Waals surface area contributed by atoms with E-state index in [0.29, 0.717) is 50.8 Å². The van der Waals surface area contributed by atoms with E-state index < -0.39 is 52.6 Å². The van der Waals surface area contributed by atoms with Crippen LogP contribution in [-0.2, 0) is 29.3 Å². The molecule has 3 aliphatic heterocycles. The third kappa shape index (κ3) is 5.84. The fourth-order valence-electron chi connectivity index (χ4n) is 9.86. The highest BCUT2D eigenvalue weighted by atomic mass is 79.9. The van der Waals surface area contributed by atoms with Crippen LogP contribution in [0.15, 0.2) is 101 Å². The Kier molecular flexibility index (Phi) is 9.37. The van der Waals surface area contributed by atoms with Gasteiger partial charge in [0.1, 0.15) is 5.82 Å². The summed E-state index contributed by atoms with van der Waals surface area (Å²) >= 11 is 9.96. The second-order valence-electron chi connectivity index (χ2n) is 15.0. The molecule has 292 valence electrons. The Labute approximate surface area is 341 Å². The van der Waals surface area contributed by atoms with Crippen molar-refractivity contribution >= 4 is 68.2 Å². The molecule has 5 aliphatic rings. The Hall–Kier alpha value is -5.24. The van der Waals surface area contributed by atoms with Gasteiger partial charge in [0.25, 0.3) is 11.8 Å². The second-order valence-corrected chi connectivity index (χ2v) is 16.4. The van der Waals surface area contributed by atoms with Gasteiger partial charge in [-0.2, -0.15) is 5.01 Å². The number of anilines is 3. The third-order valence-corrected chi connectivity index (χ3v) is 13.1. The van der Waals surface area contributed by atoms with Crippen molar-refractivity contribution in [3.8, 4) is 11.5 Å². The molecule has 1 saturated carbocycles. The summed E-state index contributed by atoms with van der Waals surface area (Å²) in [5.74, 6) is -6.80. The van der Waals surface area contributed by atoms with Gasteiger partial charge in [0.2, 0.25) is 11.8 Å². The molecule has 2 N–H and O–H groups in total. The predicted molar refractivity (Wildman–Crippen MR) is 213 cm³/mol. The first-order chi connectivity index (χ1) is 27.5. The van der Waals surface area contributed by atoms with Crippen LogP contribution < -0.4 is 20.0 Å². The number of phenolic OH excluding ortho intramolecular Hbond substituents is 1. The minimum absolute atomic E-state index is 0.0486. The number of imide groups is 2. The van der Waals surface area contributed by atoms with Gasteiger partial charge in [0.05, 0.1) is 54.9 Å². The van der Waals surface area contributed by atoms with Gasteiger partial charge in [-0.25, -0.2) is 4.39 Å². The monoisotopic (exact) mass is 854 g/mol. The molecule has 9 rings (SSSR count). The van der Waals surface area contributed by atoms with Crippen LogP contribution in [0.5, 0.6) is 11.5 Å². The quantitative estimate of drug-likeness (QED) is 0.150. The molecule has 14 heteroatoms. The SMILES string of the molecule is COc1cc(Br)cc([C@H]2C3=CC[C@@H]4C(=O)N(c5ccc(N6CCOCC6)cc5)C(=O)[C@@H]4[C@@H]3C[C@H]3C(=O)N(Nc4ccc(F)cc4)C(=O)[C@@]23c2ccc(Cl)cc2)c1O. The van der Waals surface area contributed by atoms with Crippen molar-refractivity contribution in [1.82, 2.24) is 5.01 Å². The highest BCUT2D eigenvalue weighted by molar-refractivity contribution is 9.10. The van der Waals surface area contributed by atoms with Gasteiger partial charge in [0, 0.05) is 39.8 Å². The molecule has 0 unspecified atom stereocenters. The predicted octanol–water partition coefficient (Wildman–Crippen LogP) is 6.98. The molecule has 3 heterocycles. The first-order valence-electron chi connectivity index (χ1n) is 18.8. The summed E-state index contributed by atoms with van der Waals surface area (Å²) in [6.07, 6.45) is 2.17. The Balaban J connectivity index is 1.19. The average molecular weight is 856 g/mol. The van der Waals surface area contributed by atoms with Crippen molar-refractivity contribution in [2.24, 2.45) is 23.7 Å². The molecule has 2 aliphatic carbocycles. The van der Waals surface area contributed by atoms with E-state index in [0.717, 1.165) is 23.8 Å². The van der Waals surface area contributed by atoms with Gasteiger partial charge in [-0.05, 0) is 97.1 Å². The minimum Gasteiger partial charge on any atom is -0.504 e. The van der Waals surface area contributed by atoms with Gasteiger partial charge in [-0.3, -0.25) is 29.5 Å². The standard InChI is InChI=1S/C43H37BrClFN4O7/c1-56-35-21-24(44)20-33(38(35)51)37-30-14-15-31-36(41(54)49(39(31)52)29-12-10-28(11-13-29)48-16-18-57-19-17-48)32(30)22-34-40(53)50(47-27-8-6-26(46)7-9-27)42(55)43(34,37)23-2-4-25(45)5-3-23/h2-14,20-21,31-32,34,36-37,47,51H,15-19,22H2,1H3/t31-,32+,34-,36-,37+,43+/m0/s1. The van der Waals surface area contributed by atoms with Crippen LogP contribution in [0.2, 0.25) is 5.02 Å². The smallest absolute Gasteiger partial charge is 0.260 e. The summed E-state index contributed by atoms with van der Waals surface area (Å²) in [6, 6.07) is 22.7. The second kappa shape index (κ2) is 14.3. The topological polar surface area (TPSA) is 129 Å². The summed E-state index contributed by atoms with van der Waals surface area (Å²) in [6.45, 7) is 2.70. The van der Waals surface area contributed by atoms with E-state index in [2.05, 4.69) is 26.3 Å². The van der Waals surface area contributed by atoms with Gasteiger partial charge in [-0.15, -0.1) is 0 Å².